The lowest BCUT2D eigenvalue weighted by atomic mass is 10.1. The molecule has 0 aliphatic carbocycles. The monoisotopic (exact) mass is 347 g/mol. The van der Waals surface area contributed by atoms with Crippen LogP contribution in [0.15, 0.2) is 14.3 Å². The lowest BCUT2D eigenvalue weighted by Crippen LogP contribution is -2.36. The second-order valence-electron chi connectivity index (χ2n) is 5.08. The Hall–Kier alpha value is -1.45. The van der Waals surface area contributed by atoms with E-state index in [0.717, 1.165) is 4.57 Å². The summed E-state index contributed by atoms with van der Waals surface area (Å²) in [6.45, 7) is 3.59. The molecular formula is C11H18BrN5O3. The second-order valence-corrected chi connectivity index (χ2v) is 5.83. The average Bonchev–Trinajstić information content (AvgIpc) is 2.76. The summed E-state index contributed by atoms with van der Waals surface area (Å²) < 4.78 is 2.79. The Bertz CT molecular complexity index is 722. The molecule has 0 saturated heterocycles. The highest BCUT2D eigenvalue weighted by Gasteiger charge is 2.11. The third-order valence-electron chi connectivity index (χ3n) is 2.47. The van der Waals surface area contributed by atoms with Gasteiger partial charge >= 0.3 is 5.69 Å². The maximum Gasteiger partial charge on any atom is 0.332 e. The van der Waals surface area contributed by atoms with E-state index < -0.39 is 5.54 Å². The molecule has 0 bridgehead atoms. The second kappa shape index (κ2) is 5.90. The first-order chi connectivity index (χ1) is 9.08. The smallest absolute Gasteiger partial charge is 0.332 e. The Kier molecular flexibility index (Phi) is 4.90. The number of nitrogens with zero attached hydrogens (tertiary/aromatic N) is 3. The number of fused-ring (bicyclic) bond motifs is 1. The maximum absolute atomic E-state index is 11.6. The number of halogens is 1. The number of imidazole rings is 1. The van der Waals surface area contributed by atoms with Crippen LogP contribution in [0, 0.1) is 0 Å². The van der Waals surface area contributed by atoms with Crippen LogP contribution in [0.5, 0.6) is 0 Å². The number of nitrogens with two attached hydrogens (primary N) is 1. The summed E-state index contributed by atoms with van der Waals surface area (Å²) in [4.78, 5) is 29.8. The molecule has 0 radical (unpaired) electrons. The number of aromatic amines is 1. The van der Waals surface area contributed by atoms with Crippen molar-refractivity contribution < 1.29 is 5.11 Å². The molecule has 4 N–H and O–H groups in total. The molecule has 8 nitrogen and oxygen atoms in total. The molecule has 9 heteroatoms. The number of aromatic nitrogens is 4. The molecule has 112 valence electrons. The molecular weight excluding hydrogens is 330 g/mol. The van der Waals surface area contributed by atoms with Crippen molar-refractivity contribution >= 4 is 27.1 Å². The molecule has 2 aromatic heterocycles. The molecule has 2 heterocycles. The molecule has 0 aromatic carbocycles. The van der Waals surface area contributed by atoms with Crippen molar-refractivity contribution in [2.45, 2.75) is 19.4 Å². The van der Waals surface area contributed by atoms with Gasteiger partial charge in [-0.15, -0.1) is 0 Å². The minimum absolute atomic E-state index is 0.0486. The fraction of sp³-hybridized carbons (Fsp3) is 0.545. The first kappa shape index (κ1) is 16.6. The molecule has 0 fully saturated rings. The lowest BCUT2D eigenvalue weighted by Gasteiger charge is -2.12. The van der Waals surface area contributed by atoms with Crippen molar-refractivity contribution in [1.82, 2.24) is 19.1 Å². The van der Waals surface area contributed by atoms with E-state index in [1.807, 2.05) is 0 Å². The number of H-pyrrole nitrogens is 1. The number of hydrogen-bond acceptors (Lipinski definition) is 5. The van der Waals surface area contributed by atoms with E-state index in [0.29, 0.717) is 15.9 Å². The van der Waals surface area contributed by atoms with Gasteiger partial charge in [0.1, 0.15) is 0 Å². The van der Waals surface area contributed by atoms with Gasteiger partial charge in [0.05, 0.1) is 6.61 Å². The third kappa shape index (κ3) is 3.56. The van der Waals surface area contributed by atoms with Crippen LogP contribution in [0.3, 0.4) is 0 Å². The van der Waals surface area contributed by atoms with Crippen LogP contribution in [0.4, 0.5) is 0 Å². The predicted octanol–water partition coefficient (Wildman–Crippen LogP) is -0.561. The summed E-state index contributed by atoms with van der Waals surface area (Å²) in [6.07, 6.45) is 0. The van der Waals surface area contributed by atoms with Gasteiger partial charge in [-0.1, -0.05) is 0 Å². The van der Waals surface area contributed by atoms with E-state index in [4.69, 9.17) is 10.8 Å². The first-order valence-corrected chi connectivity index (χ1v) is 6.58. The zero-order valence-corrected chi connectivity index (χ0v) is 13.4. The van der Waals surface area contributed by atoms with Crippen LogP contribution in [0.1, 0.15) is 13.8 Å². The lowest BCUT2D eigenvalue weighted by molar-refractivity contribution is 0.221. The highest BCUT2D eigenvalue weighted by Crippen LogP contribution is 2.08. The zero-order chi connectivity index (χ0) is 15.7. The standard InChI is InChI=1S/C7H7BrN4O2.C4H11NO/c1-11-4-3(9-6(8)10-4)5(13)12(2)7(11)14;1-4(2,5)3-6/h1-2H3,(H,9,10);6H,3,5H2,1-2H3. The Morgan fingerprint density at radius 2 is 1.85 bits per heavy atom. The van der Waals surface area contributed by atoms with E-state index in [1.54, 1.807) is 20.9 Å². The zero-order valence-electron chi connectivity index (χ0n) is 11.8. The normalized spacial score (nSPS) is 11.3. The van der Waals surface area contributed by atoms with Crippen molar-refractivity contribution in [3.8, 4) is 0 Å². The molecule has 0 amide bonds. The Balaban J connectivity index is 0.000000286. The quantitative estimate of drug-likeness (QED) is 0.597. The fourth-order valence-electron chi connectivity index (χ4n) is 1.30. The van der Waals surface area contributed by atoms with Crippen LogP contribution in [0.2, 0.25) is 0 Å². The number of aliphatic hydroxyl groups excluding tert-OH is 1. The topological polar surface area (TPSA) is 119 Å². The minimum Gasteiger partial charge on any atom is -0.394 e. The Labute approximate surface area is 123 Å². The molecule has 0 unspecified atom stereocenters. The SMILES string of the molecule is CC(C)(N)CO.Cn1c(=O)c2[nH]c(Br)nc2n(C)c1=O. The molecule has 0 atom stereocenters. The maximum atomic E-state index is 11.6. The molecule has 20 heavy (non-hydrogen) atoms. The van der Waals surface area contributed by atoms with E-state index in [9.17, 15) is 9.59 Å². The summed E-state index contributed by atoms with van der Waals surface area (Å²) in [6, 6.07) is 0. The summed E-state index contributed by atoms with van der Waals surface area (Å²) in [5.41, 5.74) is 4.79. The molecule has 2 rings (SSSR count). The van der Waals surface area contributed by atoms with Gasteiger partial charge in [0.25, 0.3) is 5.56 Å². The van der Waals surface area contributed by atoms with E-state index >= 15 is 0 Å². The van der Waals surface area contributed by atoms with Gasteiger partial charge in [0, 0.05) is 19.6 Å². The van der Waals surface area contributed by atoms with Crippen LogP contribution < -0.4 is 17.0 Å². The van der Waals surface area contributed by atoms with Crippen molar-refractivity contribution in [2.75, 3.05) is 6.61 Å². The van der Waals surface area contributed by atoms with Crippen LogP contribution >= 0.6 is 15.9 Å². The van der Waals surface area contributed by atoms with Gasteiger partial charge in [-0.2, -0.15) is 0 Å². The number of aliphatic hydroxyl groups is 1. The molecule has 0 aliphatic heterocycles. The molecule has 0 aliphatic rings. The largest absolute Gasteiger partial charge is 0.394 e. The average molecular weight is 348 g/mol. The predicted molar refractivity (Wildman–Crippen MR) is 79.6 cm³/mol. The number of nitrogens with one attached hydrogen (secondary N) is 1. The van der Waals surface area contributed by atoms with Crippen LogP contribution in [0.25, 0.3) is 11.2 Å². The van der Waals surface area contributed by atoms with Gasteiger partial charge < -0.3 is 15.8 Å². The third-order valence-corrected chi connectivity index (χ3v) is 2.85. The van der Waals surface area contributed by atoms with Crippen molar-refractivity contribution in [3.05, 3.63) is 25.6 Å². The summed E-state index contributed by atoms with van der Waals surface area (Å²) in [7, 11) is 3.00. The fourth-order valence-corrected chi connectivity index (χ4v) is 1.66. The van der Waals surface area contributed by atoms with E-state index in [-0.39, 0.29) is 17.9 Å². The van der Waals surface area contributed by atoms with Crippen molar-refractivity contribution in [2.24, 2.45) is 19.8 Å². The molecule has 0 spiro atoms. The minimum atomic E-state index is -0.403. The van der Waals surface area contributed by atoms with Gasteiger partial charge in [0.15, 0.2) is 15.9 Å². The summed E-state index contributed by atoms with van der Waals surface area (Å²) in [5, 5.41) is 8.28. The molecule has 2 aromatic rings. The van der Waals surface area contributed by atoms with Crippen LogP contribution in [-0.2, 0) is 14.1 Å². The van der Waals surface area contributed by atoms with Gasteiger partial charge in [-0.25, -0.2) is 9.78 Å². The van der Waals surface area contributed by atoms with Gasteiger partial charge in [0.2, 0.25) is 0 Å². The summed E-state index contributed by atoms with van der Waals surface area (Å²) >= 11 is 3.11. The molecule has 0 saturated carbocycles. The van der Waals surface area contributed by atoms with E-state index in [1.165, 1.54) is 11.6 Å². The Morgan fingerprint density at radius 1 is 1.35 bits per heavy atom. The van der Waals surface area contributed by atoms with Crippen LogP contribution in [-0.4, -0.2) is 36.4 Å². The highest BCUT2D eigenvalue weighted by atomic mass is 79.9. The van der Waals surface area contributed by atoms with Crippen molar-refractivity contribution in [1.29, 1.82) is 0 Å². The van der Waals surface area contributed by atoms with Gasteiger partial charge in [-0.3, -0.25) is 13.9 Å². The van der Waals surface area contributed by atoms with Gasteiger partial charge in [-0.05, 0) is 29.8 Å². The van der Waals surface area contributed by atoms with Crippen molar-refractivity contribution in [3.63, 3.8) is 0 Å². The highest BCUT2D eigenvalue weighted by molar-refractivity contribution is 9.10. The number of rotatable bonds is 1. The number of aryl methyl sites for hydroxylation is 1. The Morgan fingerprint density at radius 3 is 2.30 bits per heavy atom. The first-order valence-electron chi connectivity index (χ1n) is 5.79. The van der Waals surface area contributed by atoms with E-state index in [2.05, 4.69) is 25.9 Å². The summed E-state index contributed by atoms with van der Waals surface area (Å²) in [5.74, 6) is 0. The number of hydrogen-bond donors (Lipinski definition) is 3.